The molecule has 0 heterocycles. The smallest absolute Gasteiger partial charge is 0.440 e. The molecule has 0 saturated heterocycles. The summed E-state index contributed by atoms with van der Waals surface area (Å²) in [7, 11) is 0. The highest BCUT2D eigenvalue weighted by Gasteiger charge is 2.27. The van der Waals surface area contributed by atoms with Gasteiger partial charge in [-0.3, -0.25) is 0 Å². The molecule has 6 heteroatoms. The molecule has 0 fully saturated rings. The highest BCUT2D eigenvalue weighted by molar-refractivity contribution is 6.13. The van der Waals surface area contributed by atoms with Crippen molar-refractivity contribution in [1.29, 1.82) is 0 Å². The molecule has 0 radical (unpaired) electrons. The Hall–Kier alpha value is -3.15. The summed E-state index contributed by atoms with van der Waals surface area (Å²) in [4.78, 5) is 25.2. The van der Waals surface area contributed by atoms with Crippen molar-refractivity contribution in [2.75, 3.05) is 0 Å². The summed E-state index contributed by atoms with van der Waals surface area (Å²) in [5.74, 6) is 0. The van der Waals surface area contributed by atoms with E-state index >= 15 is 0 Å². The zero-order valence-electron chi connectivity index (χ0n) is 17.8. The Kier molecular flexibility index (Phi) is 7.53. The van der Waals surface area contributed by atoms with Gasteiger partial charge in [0.15, 0.2) is 0 Å². The Labute approximate surface area is 172 Å². The lowest BCUT2D eigenvalue weighted by molar-refractivity contribution is 0.0518. The van der Waals surface area contributed by atoms with Crippen LogP contribution in [-0.2, 0) is 9.47 Å². The lowest BCUT2D eigenvalue weighted by Gasteiger charge is -2.20. The molecular weight excluding hydrogens is 368 g/mol. The molecule has 0 unspecified atom stereocenters. The zero-order chi connectivity index (χ0) is 21.6. The third-order valence-electron chi connectivity index (χ3n) is 3.87. The maximum absolute atomic E-state index is 12.6. The summed E-state index contributed by atoms with van der Waals surface area (Å²) in [5.41, 5.74) is 4.17. The molecule has 0 N–H and O–H groups in total. The number of amides is 2. The van der Waals surface area contributed by atoms with Crippen LogP contribution >= 0.6 is 0 Å². The fourth-order valence-electron chi connectivity index (χ4n) is 2.46. The maximum Gasteiger partial charge on any atom is 0.440 e. The van der Waals surface area contributed by atoms with Crippen LogP contribution in [0.15, 0.2) is 53.6 Å². The average molecular weight is 396 g/mol. The van der Waals surface area contributed by atoms with Gasteiger partial charge in [0.2, 0.25) is 0 Å². The van der Waals surface area contributed by atoms with E-state index in [0.717, 1.165) is 22.3 Å². The number of nitrogens with zero attached hydrogens (tertiary/aromatic N) is 2. The molecule has 154 valence electrons. The standard InChI is InChI=1S/C23H28N2O4/c1-15(2)28-22(26)25(23(27)29-16(3)4)24-21(19-11-7-17(5)8-12-19)20-13-9-18(6)10-14-20/h7-16H,1-6H3. The quantitative estimate of drug-likeness (QED) is 0.498. The van der Waals surface area contributed by atoms with Crippen LogP contribution in [0.1, 0.15) is 49.9 Å². The van der Waals surface area contributed by atoms with Gasteiger partial charge in [0.25, 0.3) is 0 Å². The Bertz CT molecular complexity index is 799. The van der Waals surface area contributed by atoms with Gasteiger partial charge in [-0.1, -0.05) is 64.7 Å². The van der Waals surface area contributed by atoms with E-state index in [4.69, 9.17) is 9.47 Å². The van der Waals surface area contributed by atoms with Gasteiger partial charge in [-0.2, -0.15) is 5.10 Å². The summed E-state index contributed by atoms with van der Waals surface area (Å²) >= 11 is 0. The zero-order valence-corrected chi connectivity index (χ0v) is 17.8. The van der Waals surface area contributed by atoms with Crippen molar-refractivity contribution in [1.82, 2.24) is 5.01 Å². The van der Waals surface area contributed by atoms with E-state index in [1.807, 2.05) is 62.4 Å². The first kappa shape index (κ1) is 22.1. The number of hydrogen-bond acceptors (Lipinski definition) is 5. The molecular formula is C23H28N2O4. The van der Waals surface area contributed by atoms with Crippen molar-refractivity contribution < 1.29 is 19.1 Å². The lowest BCUT2D eigenvalue weighted by atomic mass is 10.0. The van der Waals surface area contributed by atoms with Gasteiger partial charge < -0.3 is 9.47 Å². The summed E-state index contributed by atoms with van der Waals surface area (Å²) in [6.07, 6.45) is -2.59. The van der Waals surface area contributed by atoms with Crippen LogP contribution in [0.5, 0.6) is 0 Å². The molecule has 0 aromatic heterocycles. The molecule has 6 nitrogen and oxygen atoms in total. The molecule has 0 aliphatic rings. The van der Waals surface area contributed by atoms with Crippen LogP contribution in [0.25, 0.3) is 0 Å². The third kappa shape index (κ3) is 6.45. The fourth-order valence-corrected chi connectivity index (χ4v) is 2.46. The molecule has 2 aromatic carbocycles. The number of hydrogen-bond donors (Lipinski definition) is 0. The second-order valence-corrected chi connectivity index (χ2v) is 7.36. The summed E-state index contributed by atoms with van der Waals surface area (Å²) < 4.78 is 10.4. The van der Waals surface area contributed by atoms with Crippen molar-refractivity contribution in [2.24, 2.45) is 5.10 Å². The Morgan fingerprint density at radius 2 is 1.07 bits per heavy atom. The molecule has 0 aliphatic heterocycles. The molecule has 2 aromatic rings. The first-order valence-corrected chi connectivity index (χ1v) is 9.61. The Morgan fingerprint density at radius 1 is 0.724 bits per heavy atom. The van der Waals surface area contributed by atoms with E-state index in [2.05, 4.69) is 5.10 Å². The third-order valence-corrected chi connectivity index (χ3v) is 3.87. The van der Waals surface area contributed by atoms with Crippen LogP contribution in [0.3, 0.4) is 0 Å². The van der Waals surface area contributed by atoms with Gasteiger partial charge in [0.05, 0.1) is 17.9 Å². The van der Waals surface area contributed by atoms with Crippen molar-refractivity contribution in [3.63, 3.8) is 0 Å². The second-order valence-electron chi connectivity index (χ2n) is 7.36. The van der Waals surface area contributed by atoms with Crippen molar-refractivity contribution in [2.45, 2.75) is 53.8 Å². The summed E-state index contributed by atoms with van der Waals surface area (Å²) in [6.45, 7) is 10.8. The van der Waals surface area contributed by atoms with E-state index in [-0.39, 0.29) is 0 Å². The first-order chi connectivity index (χ1) is 13.7. The van der Waals surface area contributed by atoms with Gasteiger partial charge in [0.1, 0.15) is 0 Å². The van der Waals surface area contributed by atoms with Crippen LogP contribution < -0.4 is 0 Å². The summed E-state index contributed by atoms with van der Waals surface area (Å²) in [5, 5.41) is 5.03. The number of carbonyl (C=O) groups excluding carboxylic acids is 2. The van der Waals surface area contributed by atoms with E-state index in [0.29, 0.717) is 10.7 Å². The highest BCUT2D eigenvalue weighted by Crippen LogP contribution is 2.16. The number of rotatable bonds is 5. The number of hydrazone groups is 1. The molecule has 2 amide bonds. The van der Waals surface area contributed by atoms with Crippen LogP contribution in [0, 0.1) is 13.8 Å². The molecule has 0 aliphatic carbocycles. The second kappa shape index (κ2) is 9.87. The van der Waals surface area contributed by atoms with Crippen molar-refractivity contribution in [3.05, 3.63) is 70.8 Å². The lowest BCUT2D eigenvalue weighted by Crippen LogP contribution is -2.37. The predicted molar refractivity (Wildman–Crippen MR) is 113 cm³/mol. The number of aryl methyl sites for hydroxylation is 2. The van der Waals surface area contributed by atoms with Crippen LogP contribution in [0.4, 0.5) is 9.59 Å². The molecule has 0 spiro atoms. The maximum atomic E-state index is 12.6. The van der Waals surface area contributed by atoms with Gasteiger partial charge >= 0.3 is 12.2 Å². The van der Waals surface area contributed by atoms with E-state index < -0.39 is 24.4 Å². The van der Waals surface area contributed by atoms with Gasteiger partial charge in [-0.25, -0.2) is 9.59 Å². The molecule has 0 atom stereocenters. The SMILES string of the molecule is Cc1ccc(C(=NN(C(=O)OC(C)C)C(=O)OC(C)C)c2ccc(C)cc2)cc1. The van der Waals surface area contributed by atoms with Crippen LogP contribution in [0.2, 0.25) is 0 Å². The molecule has 29 heavy (non-hydrogen) atoms. The minimum absolute atomic E-state index is 0.408. The van der Waals surface area contributed by atoms with Crippen molar-refractivity contribution in [3.8, 4) is 0 Å². The van der Waals surface area contributed by atoms with Crippen LogP contribution in [-0.4, -0.2) is 35.1 Å². The fraction of sp³-hybridized carbons (Fsp3) is 0.348. The van der Waals surface area contributed by atoms with E-state index in [9.17, 15) is 9.59 Å². The van der Waals surface area contributed by atoms with Gasteiger partial charge in [-0.05, 0) is 41.5 Å². The topological polar surface area (TPSA) is 68.2 Å². The largest absolute Gasteiger partial charge is 0.445 e. The monoisotopic (exact) mass is 396 g/mol. The number of benzene rings is 2. The van der Waals surface area contributed by atoms with Gasteiger partial charge in [-0.15, -0.1) is 0 Å². The average Bonchev–Trinajstić information content (AvgIpc) is 2.63. The molecule has 2 rings (SSSR count). The number of imide groups is 1. The van der Waals surface area contributed by atoms with E-state index in [1.165, 1.54) is 0 Å². The minimum atomic E-state index is -0.887. The van der Waals surface area contributed by atoms with Crippen molar-refractivity contribution >= 4 is 17.9 Å². The number of carbonyl (C=O) groups is 2. The Morgan fingerprint density at radius 3 is 1.38 bits per heavy atom. The van der Waals surface area contributed by atoms with Gasteiger partial charge in [0, 0.05) is 11.1 Å². The summed E-state index contributed by atoms with van der Waals surface area (Å²) in [6, 6.07) is 15.4. The minimum Gasteiger partial charge on any atom is -0.445 e. The number of ether oxygens (including phenoxy) is 2. The Balaban J connectivity index is 2.58. The first-order valence-electron chi connectivity index (χ1n) is 9.61. The normalized spacial score (nSPS) is 10.6. The molecule has 0 saturated carbocycles. The van der Waals surface area contributed by atoms with E-state index in [1.54, 1.807) is 27.7 Å². The highest BCUT2D eigenvalue weighted by atomic mass is 16.6. The molecule has 0 bridgehead atoms. The predicted octanol–water partition coefficient (Wildman–Crippen LogP) is 5.45.